The Morgan fingerprint density at radius 3 is 3.00 bits per heavy atom. The zero-order valence-corrected chi connectivity index (χ0v) is 12.4. The van der Waals surface area contributed by atoms with Crippen molar-refractivity contribution in [1.29, 1.82) is 0 Å². The Labute approximate surface area is 120 Å². The Morgan fingerprint density at radius 1 is 1.50 bits per heavy atom. The summed E-state index contributed by atoms with van der Waals surface area (Å²) >= 11 is 0. The molecule has 3 rings (SSSR count). The molecule has 1 aromatic heterocycles. The summed E-state index contributed by atoms with van der Waals surface area (Å²) in [6.07, 6.45) is 1.91. The van der Waals surface area contributed by atoms with Gasteiger partial charge in [0.25, 0.3) is 5.22 Å². The number of oxazole rings is 1. The third-order valence-corrected chi connectivity index (χ3v) is 4.72. The van der Waals surface area contributed by atoms with Crippen LogP contribution in [0.5, 0.6) is 0 Å². The quantitative estimate of drug-likeness (QED) is 0.880. The number of hydrogen-bond donors (Lipinski definition) is 1. The monoisotopic (exact) mass is 294 g/mol. The minimum Gasteiger partial charge on any atom is -0.430 e. The molecule has 1 aromatic carbocycles. The Bertz CT molecular complexity index is 665. The lowest BCUT2D eigenvalue weighted by molar-refractivity contribution is -0.00506. The van der Waals surface area contributed by atoms with E-state index in [1.807, 2.05) is 0 Å². The summed E-state index contributed by atoms with van der Waals surface area (Å²) in [6, 6.07) is 5.20. The van der Waals surface area contributed by atoms with Crippen LogP contribution in [-0.2, 0) is 15.5 Å². The highest BCUT2D eigenvalue weighted by molar-refractivity contribution is 7.84. The second-order valence-electron chi connectivity index (χ2n) is 5.76. The van der Waals surface area contributed by atoms with Crippen molar-refractivity contribution in [3.05, 3.63) is 18.2 Å². The van der Waals surface area contributed by atoms with Crippen molar-refractivity contribution < 1.29 is 13.4 Å². The molecule has 0 spiro atoms. The van der Waals surface area contributed by atoms with Gasteiger partial charge >= 0.3 is 0 Å². The molecular weight excluding hydrogens is 276 g/mol. The van der Waals surface area contributed by atoms with E-state index in [2.05, 4.69) is 18.8 Å². The lowest BCUT2D eigenvalue weighted by atomic mass is 10.1. The number of aromatic nitrogens is 1. The van der Waals surface area contributed by atoms with Gasteiger partial charge in [0, 0.05) is 5.69 Å². The molecule has 108 valence electrons. The van der Waals surface area contributed by atoms with Gasteiger partial charge in [-0.2, -0.15) is 0 Å². The number of nitrogens with two attached hydrogens (primary N) is 1. The molecule has 0 radical (unpaired) electrons. The van der Waals surface area contributed by atoms with Crippen LogP contribution >= 0.6 is 0 Å². The Hall–Kier alpha value is -1.40. The van der Waals surface area contributed by atoms with E-state index in [4.69, 9.17) is 14.9 Å². The van der Waals surface area contributed by atoms with Crippen LogP contribution in [0.1, 0.15) is 26.7 Å². The minimum absolute atomic E-state index is 0.00548. The van der Waals surface area contributed by atoms with Crippen LogP contribution in [0, 0.1) is 0 Å². The van der Waals surface area contributed by atoms with Gasteiger partial charge in [-0.05, 0) is 44.9 Å². The summed E-state index contributed by atoms with van der Waals surface area (Å²) in [7, 11) is -1.29. The topological polar surface area (TPSA) is 78.4 Å². The molecule has 2 unspecified atom stereocenters. The standard InChI is InChI=1S/C14H18N2O3S/c1-14(2)6-5-10(19-14)8-20(17)13-16-11-7-9(15)3-4-12(11)18-13/h3-4,7,10H,5-6,8,15H2,1-2H3. The maximum atomic E-state index is 12.3. The van der Waals surface area contributed by atoms with E-state index < -0.39 is 10.8 Å². The fraction of sp³-hybridized carbons (Fsp3) is 0.500. The van der Waals surface area contributed by atoms with Crippen LogP contribution in [0.2, 0.25) is 0 Å². The van der Waals surface area contributed by atoms with Crippen LogP contribution < -0.4 is 5.73 Å². The molecule has 5 nitrogen and oxygen atoms in total. The third kappa shape index (κ3) is 2.71. The second kappa shape index (κ2) is 4.86. The number of rotatable bonds is 3. The van der Waals surface area contributed by atoms with Gasteiger partial charge in [0.1, 0.15) is 16.3 Å². The second-order valence-corrected chi connectivity index (χ2v) is 7.13. The largest absolute Gasteiger partial charge is 0.430 e. The Kier molecular flexibility index (Phi) is 3.30. The smallest absolute Gasteiger partial charge is 0.288 e. The van der Waals surface area contributed by atoms with Crippen LogP contribution in [0.15, 0.2) is 27.8 Å². The first-order valence-electron chi connectivity index (χ1n) is 6.65. The predicted molar refractivity (Wildman–Crippen MR) is 77.9 cm³/mol. The summed E-state index contributed by atoms with van der Waals surface area (Å²) in [5.41, 5.74) is 7.43. The molecule has 20 heavy (non-hydrogen) atoms. The fourth-order valence-electron chi connectivity index (χ4n) is 2.46. The van der Waals surface area contributed by atoms with Crippen LogP contribution in [0.3, 0.4) is 0 Å². The van der Waals surface area contributed by atoms with Gasteiger partial charge in [-0.3, -0.25) is 0 Å². The van der Waals surface area contributed by atoms with Crippen molar-refractivity contribution in [2.45, 2.75) is 43.6 Å². The highest BCUT2D eigenvalue weighted by Gasteiger charge is 2.33. The van der Waals surface area contributed by atoms with Crippen molar-refractivity contribution in [3.63, 3.8) is 0 Å². The molecule has 1 aliphatic heterocycles. The summed E-state index contributed by atoms with van der Waals surface area (Å²) in [5.74, 6) is 0.422. The molecular formula is C14H18N2O3S. The van der Waals surface area contributed by atoms with Crippen molar-refractivity contribution in [2.24, 2.45) is 0 Å². The third-order valence-electron chi connectivity index (χ3n) is 3.48. The van der Waals surface area contributed by atoms with Gasteiger partial charge < -0.3 is 14.9 Å². The van der Waals surface area contributed by atoms with Gasteiger partial charge in [-0.15, -0.1) is 0 Å². The van der Waals surface area contributed by atoms with Crippen molar-refractivity contribution >= 4 is 27.6 Å². The van der Waals surface area contributed by atoms with E-state index in [0.29, 0.717) is 22.5 Å². The molecule has 0 amide bonds. The van der Waals surface area contributed by atoms with Gasteiger partial charge in [-0.25, -0.2) is 9.19 Å². The number of ether oxygens (including phenoxy) is 1. The summed E-state index contributed by atoms with van der Waals surface area (Å²) in [5, 5.41) is 0.249. The molecule has 2 aromatic rings. The number of hydrogen-bond acceptors (Lipinski definition) is 5. The lowest BCUT2D eigenvalue weighted by Crippen LogP contribution is -2.23. The highest BCUT2D eigenvalue weighted by atomic mass is 32.2. The summed E-state index contributed by atoms with van der Waals surface area (Å²) in [4.78, 5) is 4.25. The minimum atomic E-state index is -1.29. The lowest BCUT2D eigenvalue weighted by Gasteiger charge is -2.18. The number of anilines is 1. The zero-order chi connectivity index (χ0) is 14.3. The normalized spacial score (nSPS) is 23.2. The van der Waals surface area contributed by atoms with E-state index in [1.165, 1.54) is 0 Å². The summed E-state index contributed by atoms with van der Waals surface area (Å²) < 4.78 is 23.7. The number of nitrogens with zero attached hydrogens (tertiary/aromatic N) is 1. The number of nitrogen functional groups attached to an aromatic ring is 1. The van der Waals surface area contributed by atoms with E-state index in [1.54, 1.807) is 18.2 Å². The molecule has 1 aliphatic rings. The maximum Gasteiger partial charge on any atom is 0.288 e. The molecule has 2 atom stereocenters. The van der Waals surface area contributed by atoms with Gasteiger partial charge in [0.2, 0.25) is 0 Å². The molecule has 0 saturated carbocycles. The van der Waals surface area contributed by atoms with Crippen molar-refractivity contribution in [3.8, 4) is 0 Å². The van der Waals surface area contributed by atoms with E-state index in [0.717, 1.165) is 12.8 Å². The van der Waals surface area contributed by atoms with Gasteiger partial charge in [0.05, 0.1) is 17.5 Å². The maximum absolute atomic E-state index is 12.3. The van der Waals surface area contributed by atoms with Crippen LogP contribution in [0.4, 0.5) is 5.69 Å². The average Bonchev–Trinajstić information content (AvgIpc) is 2.92. The molecule has 0 bridgehead atoms. The van der Waals surface area contributed by atoms with E-state index in [-0.39, 0.29) is 16.9 Å². The van der Waals surface area contributed by atoms with Crippen LogP contribution in [0.25, 0.3) is 11.1 Å². The SMILES string of the molecule is CC1(C)CCC(CS(=O)c2nc3cc(N)ccc3o2)O1. The predicted octanol–water partition coefficient (Wildman–Crippen LogP) is 2.48. The average molecular weight is 294 g/mol. The molecule has 6 heteroatoms. The molecule has 1 saturated heterocycles. The fourth-order valence-corrected chi connectivity index (χ4v) is 3.55. The first kappa shape index (κ1) is 13.6. The molecule has 1 fully saturated rings. The van der Waals surface area contributed by atoms with E-state index in [9.17, 15) is 4.21 Å². The van der Waals surface area contributed by atoms with Crippen molar-refractivity contribution in [2.75, 3.05) is 11.5 Å². The summed E-state index contributed by atoms with van der Waals surface area (Å²) in [6.45, 7) is 4.11. The Morgan fingerprint density at radius 2 is 2.30 bits per heavy atom. The van der Waals surface area contributed by atoms with Crippen LogP contribution in [-0.4, -0.2) is 26.7 Å². The number of fused-ring (bicyclic) bond motifs is 1. The Balaban J connectivity index is 1.76. The molecule has 2 heterocycles. The first-order chi connectivity index (χ1) is 9.43. The highest BCUT2D eigenvalue weighted by Crippen LogP contribution is 2.30. The van der Waals surface area contributed by atoms with E-state index >= 15 is 0 Å². The number of benzene rings is 1. The van der Waals surface area contributed by atoms with Crippen molar-refractivity contribution in [1.82, 2.24) is 4.98 Å². The van der Waals surface area contributed by atoms with Gasteiger partial charge in [-0.1, -0.05) is 0 Å². The molecule has 2 N–H and O–H groups in total. The zero-order valence-electron chi connectivity index (χ0n) is 11.6. The van der Waals surface area contributed by atoms with Gasteiger partial charge in [0.15, 0.2) is 5.58 Å². The molecule has 0 aliphatic carbocycles. The first-order valence-corrected chi connectivity index (χ1v) is 7.97.